The van der Waals surface area contributed by atoms with Crippen LogP contribution in [0.3, 0.4) is 0 Å². The molecule has 7 nitrogen and oxygen atoms in total. The first-order valence-corrected chi connectivity index (χ1v) is 12.7. The Morgan fingerprint density at radius 3 is 2.57 bits per heavy atom. The van der Waals surface area contributed by atoms with E-state index in [1.54, 1.807) is 12.1 Å². The number of halogens is 1. The predicted octanol–water partition coefficient (Wildman–Crippen LogP) is 6.55. The van der Waals surface area contributed by atoms with Crippen LogP contribution in [0.25, 0.3) is 11.3 Å². The third kappa shape index (κ3) is 5.90. The van der Waals surface area contributed by atoms with E-state index in [2.05, 4.69) is 25.7 Å². The number of piperidine rings is 1. The number of nitrogens with zero attached hydrogens (tertiary/aromatic N) is 3. The molecule has 1 amide bonds. The molecule has 1 fully saturated rings. The quantitative estimate of drug-likeness (QED) is 0.220. The lowest BCUT2D eigenvalue weighted by molar-refractivity contribution is 0.0955. The van der Waals surface area contributed by atoms with Crippen molar-refractivity contribution in [1.82, 2.24) is 10.4 Å². The average molecular weight is 506 g/mol. The van der Waals surface area contributed by atoms with Crippen molar-refractivity contribution in [3.05, 3.63) is 82.4 Å². The number of amides is 1. The van der Waals surface area contributed by atoms with Gasteiger partial charge in [0.1, 0.15) is 5.76 Å². The highest BCUT2D eigenvalue weighted by atomic mass is 35.5. The van der Waals surface area contributed by atoms with Gasteiger partial charge < -0.3 is 14.6 Å². The molecule has 2 aromatic heterocycles. The minimum Gasteiger partial charge on any atom is -0.440 e. The van der Waals surface area contributed by atoms with E-state index < -0.39 is 0 Å². The third-order valence-electron chi connectivity index (χ3n) is 5.68. The van der Waals surface area contributed by atoms with Gasteiger partial charge in [-0.25, -0.2) is 10.4 Å². The first-order valence-electron chi connectivity index (χ1n) is 11.4. The van der Waals surface area contributed by atoms with Crippen molar-refractivity contribution in [3.63, 3.8) is 0 Å². The predicted molar refractivity (Wildman–Crippen MR) is 142 cm³/mol. The van der Waals surface area contributed by atoms with E-state index in [1.807, 2.05) is 53.9 Å². The summed E-state index contributed by atoms with van der Waals surface area (Å²) in [6.45, 7) is 2.02. The van der Waals surface area contributed by atoms with Crippen LogP contribution in [0.4, 0.5) is 16.7 Å². The fraction of sp³-hybridized carbons (Fsp3) is 0.192. The fourth-order valence-electron chi connectivity index (χ4n) is 3.83. The van der Waals surface area contributed by atoms with E-state index in [9.17, 15) is 4.79 Å². The Hall–Kier alpha value is -3.62. The van der Waals surface area contributed by atoms with Gasteiger partial charge >= 0.3 is 0 Å². The number of aromatic nitrogens is 1. The SMILES string of the molecule is O=C(N/N=C\c1ccc(N2CCCCC2)o1)c1ccc(-c2csc(Nc3ccc(Cl)cc3)n2)cc1. The van der Waals surface area contributed by atoms with Crippen molar-refractivity contribution in [2.24, 2.45) is 5.10 Å². The topological polar surface area (TPSA) is 82.8 Å². The van der Waals surface area contributed by atoms with Crippen molar-refractivity contribution in [2.75, 3.05) is 23.3 Å². The second-order valence-corrected chi connectivity index (χ2v) is 9.46. The molecule has 1 saturated heterocycles. The van der Waals surface area contributed by atoms with Gasteiger partial charge in [-0.05, 0) is 61.7 Å². The Balaban J connectivity index is 1.16. The molecule has 0 aliphatic carbocycles. The standard InChI is InChI=1S/C26H24ClN5O2S/c27-20-8-10-21(11-9-20)29-26-30-23(17-35-26)18-4-6-19(7-5-18)25(33)31-28-16-22-12-13-24(34-22)32-14-2-1-3-15-32/h4-13,16-17H,1-3,14-15H2,(H,29,30)(H,31,33)/b28-16-. The number of anilines is 3. The van der Waals surface area contributed by atoms with Crippen molar-refractivity contribution < 1.29 is 9.21 Å². The average Bonchev–Trinajstić information content (AvgIpc) is 3.56. The van der Waals surface area contributed by atoms with E-state index in [4.69, 9.17) is 16.0 Å². The van der Waals surface area contributed by atoms with E-state index in [0.717, 1.165) is 41.1 Å². The molecular formula is C26H24ClN5O2S. The van der Waals surface area contributed by atoms with Crippen LogP contribution in [0, 0.1) is 0 Å². The van der Waals surface area contributed by atoms with Crippen LogP contribution < -0.4 is 15.6 Å². The van der Waals surface area contributed by atoms with E-state index in [-0.39, 0.29) is 5.91 Å². The van der Waals surface area contributed by atoms with E-state index >= 15 is 0 Å². The molecule has 0 atom stereocenters. The lowest BCUT2D eigenvalue weighted by Gasteiger charge is -2.25. The normalized spacial score (nSPS) is 13.8. The molecule has 0 radical (unpaired) electrons. The molecule has 9 heteroatoms. The van der Waals surface area contributed by atoms with Crippen molar-refractivity contribution in [1.29, 1.82) is 0 Å². The fourth-order valence-corrected chi connectivity index (χ4v) is 4.69. The highest BCUT2D eigenvalue weighted by Gasteiger charge is 2.14. The van der Waals surface area contributed by atoms with Crippen molar-refractivity contribution in [3.8, 4) is 11.3 Å². The number of thiazole rings is 1. The highest BCUT2D eigenvalue weighted by Crippen LogP contribution is 2.28. The van der Waals surface area contributed by atoms with Gasteiger partial charge in [0, 0.05) is 46.4 Å². The van der Waals surface area contributed by atoms with Crippen LogP contribution in [0.5, 0.6) is 0 Å². The summed E-state index contributed by atoms with van der Waals surface area (Å²) < 4.78 is 5.83. The van der Waals surface area contributed by atoms with Crippen LogP contribution in [-0.2, 0) is 0 Å². The van der Waals surface area contributed by atoms with Gasteiger partial charge in [0.15, 0.2) is 11.0 Å². The summed E-state index contributed by atoms with van der Waals surface area (Å²) in [6.07, 6.45) is 5.15. The number of carbonyl (C=O) groups is 1. The lowest BCUT2D eigenvalue weighted by Crippen LogP contribution is -2.28. The van der Waals surface area contributed by atoms with Gasteiger partial charge in [0.05, 0.1) is 11.9 Å². The minimum absolute atomic E-state index is 0.293. The number of hydrogen-bond acceptors (Lipinski definition) is 7. The largest absolute Gasteiger partial charge is 0.440 e. The Morgan fingerprint density at radius 2 is 1.80 bits per heavy atom. The van der Waals surface area contributed by atoms with E-state index in [0.29, 0.717) is 16.3 Å². The Bertz CT molecular complexity index is 1310. The number of hydrogen-bond donors (Lipinski definition) is 2. The summed E-state index contributed by atoms with van der Waals surface area (Å²) in [6, 6.07) is 18.5. The van der Waals surface area contributed by atoms with Gasteiger partial charge in [0.25, 0.3) is 5.91 Å². The highest BCUT2D eigenvalue weighted by molar-refractivity contribution is 7.14. The van der Waals surface area contributed by atoms with Crippen LogP contribution in [0.2, 0.25) is 5.02 Å². The minimum atomic E-state index is -0.293. The number of rotatable bonds is 7. The molecule has 5 rings (SSSR count). The maximum Gasteiger partial charge on any atom is 0.271 e. The zero-order valence-electron chi connectivity index (χ0n) is 18.9. The molecule has 1 aliphatic heterocycles. The maximum atomic E-state index is 12.5. The second kappa shape index (κ2) is 10.8. The second-order valence-electron chi connectivity index (χ2n) is 8.17. The van der Waals surface area contributed by atoms with Gasteiger partial charge in [-0.3, -0.25) is 4.79 Å². The summed E-state index contributed by atoms with van der Waals surface area (Å²) in [5, 5.41) is 10.7. The number of hydrazone groups is 1. The molecule has 178 valence electrons. The lowest BCUT2D eigenvalue weighted by atomic mass is 10.1. The van der Waals surface area contributed by atoms with Crippen LogP contribution in [0.15, 0.2) is 75.6 Å². The first-order chi connectivity index (χ1) is 17.1. The van der Waals surface area contributed by atoms with Crippen LogP contribution >= 0.6 is 22.9 Å². The summed E-state index contributed by atoms with van der Waals surface area (Å²) in [4.78, 5) is 19.3. The molecule has 0 spiro atoms. The molecule has 0 bridgehead atoms. The number of carbonyl (C=O) groups excluding carboxylic acids is 1. The molecule has 2 N–H and O–H groups in total. The molecular weight excluding hydrogens is 482 g/mol. The van der Waals surface area contributed by atoms with Gasteiger partial charge in [-0.15, -0.1) is 11.3 Å². The Morgan fingerprint density at radius 1 is 1.03 bits per heavy atom. The van der Waals surface area contributed by atoms with E-state index in [1.165, 1.54) is 36.8 Å². The molecule has 2 aromatic carbocycles. The summed E-state index contributed by atoms with van der Waals surface area (Å²) >= 11 is 7.44. The summed E-state index contributed by atoms with van der Waals surface area (Å²) in [7, 11) is 0. The molecule has 3 heterocycles. The van der Waals surface area contributed by atoms with Gasteiger partial charge in [-0.2, -0.15) is 5.10 Å². The zero-order valence-corrected chi connectivity index (χ0v) is 20.5. The summed E-state index contributed by atoms with van der Waals surface area (Å²) in [5.74, 6) is 1.16. The van der Waals surface area contributed by atoms with Crippen molar-refractivity contribution >= 4 is 51.8 Å². The smallest absolute Gasteiger partial charge is 0.271 e. The molecule has 0 saturated carbocycles. The molecule has 4 aromatic rings. The molecule has 1 aliphatic rings. The first kappa shape index (κ1) is 23.1. The number of benzene rings is 2. The molecule has 35 heavy (non-hydrogen) atoms. The maximum absolute atomic E-state index is 12.5. The molecule has 0 unspecified atom stereocenters. The van der Waals surface area contributed by atoms with Gasteiger partial charge in [0.2, 0.25) is 0 Å². The number of nitrogens with one attached hydrogen (secondary N) is 2. The van der Waals surface area contributed by atoms with Crippen LogP contribution in [0.1, 0.15) is 35.4 Å². The third-order valence-corrected chi connectivity index (χ3v) is 6.69. The Labute approximate surface area is 212 Å². The monoisotopic (exact) mass is 505 g/mol. The number of furan rings is 1. The Kier molecular flexibility index (Phi) is 7.11. The van der Waals surface area contributed by atoms with Crippen molar-refractivity contribution in [2.45, 2.75) is 19.3 Å². The summed E-state index contributed by atoms with van der Waals surface area (Å²) in [5.41, 5.74) is 5.73. The zero-order chi connectivity index (χ0) is 24.0. The van der Waals surface area contributed by atoms with Gasteiger partial charge in [-0.1, -0.05) is 23.7 Å². The van der Waals surface area contributed by atoms with Crippen LogP contribution in [-0.4, -0.2) is 30.2 Å².